The Morgan fingerprint density at radius 3 is 2.64 bits per heavy atom. The number of aliphatic imine (C=N–C) groups is 1. The number of ether oxygens (including phenoxy) is 1. The molecule has 0 saturated heterocycles. The summed E-state index contributed by atoms with van der Waals surface area (Å²) in [5, 5.41) is 15.1. The van der Waals surface area contributed by atoms with Gasteiger partial charge in [0, 0.05) is 33.4 Å². The molecule has 7 nitrogen and oxygen atoms in total. The first-order valence-electron chi connectivity index (χ1n) is 8.97. The first-order valence-corrected chi connectivity index (χ1v) is 8.97. The van der Waals surface area contributed by atoms with Gasteiger partial charge in [-0.15, -0.1) is 34.2 Å². The molecule has 146 valence electrons. The molecule has 1 aromatic heterocycles. The molecule has 1 atom stereocenters. The fourth-order valence-electron chi connectivity index (χ4n) is 2.32. The zero-order valence-electron chi connectivity index (χ0n) is 16.3. The molecule has 0 aliphatic rings. The topological polar surface area (TPSA) is 76.4 Å². The number of hydrogen-bond acceptors (Lipinski definition) is 4. The van der Waals surface area contributed by atoms with E-state index in [1.54, 1.807) is 7.11 Å². The second kappa shape index (κ2) is 14.3. The molecule has 0 aliphatic carbocycles. The highest BCUT2D eigenvalue weighted by Gasteiger charge is 2.08. The van der Waals surface area contributed by atoms with Crippen molar-refractivity contribution in [2.24, 2.45) is 12.0 Å². The predicted molar refractivity (Wildman–Crippen MR) is 114 cm³/mol. The summed E-state index contributed by atoms with van der Waals surface area (Å²) < 4.78 is 7.07. The number of hydrogen-bond donors (Lipinski definition) is 2. The Kier molecular flexibility index (Phi) is 13.8. The molecule has 0 fully saturated rings. The van der Waals surface area contributed by atoms with Crippen molar-refractivity contribution in [3.8, 4) is 0 Å². The lowest BCUT2D eigenvalue weighted by molar-refractivity contribution is 0.195. The van der Waals surface area contributed by atoms with Crippen LogP contribution in [-0.4, -0.2) is 47.0 Å². The zero-order chi connectivity index (χ0) is 17.8. The summed E-state index contributed by atoms with van der Waals surface area (Å²) in [6.07, 6.45) is 5.86. The zero-order valence-corrected chi connectivity index (χ0v) is 18.7. The summed E-state index contributed by atoms with van der Waals surface area (Å²) in [5.41, 5.74) is 0. The third-order valence-electron chi connectivity index (χ3n) is 4.00. The minimum atomic E-state index is 0. The second-order valence-corrected chi connectivity index (χ2v) is 6.20. The van der Waals surface area contributed by atoms with Gasteiger partial charge in [-0.1, -0.05) is 26.2 Å². The van der Waals surface area contributed by atoms with Gasteiger partial charge in [0.05, 0.1) is 0 Å². The smallest absolute Gasteiger partial charge is 0.191 e. The molecule has 0 radical (unpaired) electrons. The number of aryl methyl sites for hydroxylation is 1. The van der Waals surface area contributed by atoms with Crippen molar-refractivity contribution >= 4 is 29.9 Å². The Balaban J connectivity index is 0.00000576. The van der Waals surface area contributed by atoms with Crippen molar-refractivity contribution < 1.29 is 4.74 Å². The van der Waals surface area contributed by atoms with Gasteiger partial charge in [0.25, 0.3) is 0 Å². The van der Waals surface area contributed by atoms with Gasteiger partial charge in [-0.05, 0) is 26.7 Å². The molecule has 0 aliphatic heterocycles. The van der Waals surface area contributed by atoms with Gasteiger partial charge in [0.1, 0.15) is 12.4 Å². The van der Waals surface area contributed by atoms with Gasteiger partial charge in [0.2, 0.25) is 0 Å². The number of nitrogens with zero attached hydrogens (tertiary/aromatic N) is 4. The van der Waals surface area contributed by atoms with Crippen LogP contribution in [0.4, 0.5) is 0 Å². The van der Waals surface area contributed by atoms with E-state index in [0.717, 1.165) is 43.6 Å². The molecule has 1 heterocycles. The molecule has 2 N–H and O–H groups in total. The fourth-order valence-corrected chi connectivity index (χ4v) is 2.32. The van der Waals surface area contributed by atoms with Crippen molar-refractivity contribution in [2.45, 2.75) is 65.5 Å². The van der Waals surface area contributed by atoms with Crippen LogP contribution in [0.1, 0.15) is 57.6 Å². The van der Waals surface area contributed by atoms with Crippen molar-refractivity contribution in [1.29, 1.82) is 0 Å². The van der Waals surface area contributed by atoms with Crippen LogP contribution in [0, 0.1) is 6.92 Å². The lowest BCUT2D eigenvalue weighted by Crippen LogP contribution is -2.42. The number of methoxy groups -OCH3 is 1. The summed E-state index contributed by atoms with van der Waals surface area (Å²) in [7, 11) is 3.69. The molecule has 1 rings (SSSR count). The molecule has 1 aromatic rings. The average Bonchev–Trinajstić information content (AvgIpc) is 2.88. The molecular weight excluding hydrogens is 431 g/mol. The molecule has 0 spiro atoms. The molecule has 0 amide bonds. The summed E-state index contributed by atoms with van der Waals surface area (Å²) >= 11 is 0. The number of halogens is 1. The number of guanidine groups is 1. The van der Waals surface area contributed by atoms with Crippen LogP contribution in [0.3, 0.4) is 0 Å². The minimum absolute atomic E-state index is 0. The maximum atomic E-state index is 5.10. The Hall–Kier alpha value is -0.900. The van der Waals surface area contributed by atoms with Crippen LogP contribution in [-0.2, 0) is 18.3 Å². The lowest BCUT2D eigenvalue weighted by Gasteiger charge is -2.18. The van der Waals surface area contributed by atoms with E-state index < -0.39 is 0 Å². The van der Waals surface area contributed by atoms with Gasteiger partial charge in [-0.3, -0.25) is 0 Å². The molecular formula is C17H35IN6O. The highest BCUT2D eigenvalue weighted by molar-refractivity contribution is 14.0. The number of nitrogens with one attached hydrogen (secondary N) is 2. The van der Waals surface area contributed by atoms with E-state index in [0.29, 0.717) is 12.6 Å². The molecule has 0 saturated carbocycles. The molecule has 1 unspecified atom stereocenters. The maximum absolute atomic E-state index is 5.10. The highest BCUT2D eigenvalue weighted by Crippen LogP contribution is 2.03. The highest BCUT2D eigenvalue weighted by atomic mass is 127. The van der Waals surface area contributed by atoms with Gasteiger partial charge in [-0.25, -0.2) is 4.99 Å². The van der Waals surface area contributed by atoms with Crippen LogP contribution >= 0.6 is 24.0 Å². The molecule has 0 aromatic carbocycles. The SMILES string of the molecule is CCCCCC(C)NC(=NCc1nnc(C)n1C)NCCCOC.I. The van der Waals surface area contributed by atoms with Gasteiger partial charge in [-0.2, -0.15) is 0 Å². The normalized spacial score (nSPS) is 12.6. The van der Waals surface area contributed by atoms with Crippen molar-refractivity contribution in [1.82, 2.24) is 25.4 Å². The molecule has 25 heavy (non-hydrogen) atoms. The van der Waals surface area contributed by atoms with Crippen LogP contribution in [0.5, 0.6) is 0 Å². The maximum Gasteiger partial charge on any atom is 0.191 e. The van der Waals surface area contributed by atoms with Gasteiger partial charge < -0.3 is 19.9 Å². The van der Waals surface area contributed by atoms with Crippen molar-refractivity contribution in [3.63, 3.8) is 0 Å². The van der Waals surface area contributed by atoms with E-state index in [4.69, 9.17) is 4.74 Å². The number of aromatic nitrogens is 3. The van der Waals surface area contributed by atoms with Crippen molar-refractivity contribution in [2.75, 3.05) is 20.3 Å². The number of rotatable bonds is 11. The summed E-state index contributed by atoms with van der Waals surface area (Å²) in [6, 6.07) is 0.395. The fraction of sp³-hybridized carbons (Fsp3) is 0.824. The molecule has 8 heteroatoms. The Morgan fingerprint density at radius 2 is 2.04 bits per heavy atom. The lowest BCUT2D eigenvalue weighted by atomic mass is 10.1. The third-order valence-corrected chi connectivity index (χ3v) is 4.00. The van der Waals surface area contributed by atoms with Crippen LogP contribution < -0.4 is 10.6 Å². The second-order valence-electron chi connectivity index (χ2n) is 6.20. The first-order chi connectivity index (χ1) is 11.6. The molecule has 0 bridgehead atoms. The van der Waals surface area contributed by atoms with Crippen LogP contribution in [0.15, 0.2) is 4.99 Å². The van der Waals surface area contributed by atoms with E-state index in [-0.39, 0.29) is 24.0 Å². The largest absolute Gasteiger partial charge is 0.385 e. The summed E-state index contributed by atoms with van der Waals surface area (Å²) in [4.78, 5) is 4.66. The van der Waals surface area contributed by atoms with E-state index in [1.165, 1.54) is 19.3 Å². The minimum Gasteiger partial charge on any atom is -0.385 e. The summed E-state index contributed by atoms with van der Waals surface area (Å²) in [5.74, 6) is 2.59. The van der Waals surface area contributed by atoms with E-state index in [1.807, 2.05) is 18.5 Å². The standard InChI is InChI=1S/C17H34N6O.HI/c1-6-7-8-10-14(2)20-17(18-11-9-12-24-5)19-13-16-22-21-15(3)23(16)4;/h14H,6-13H2,1-5H3,(H2,18,19,20);1H. The Morgan fingerprint density at radius 1 is 1.28 bits per heavy atom. The predicted octanol–water partition coefficient (Wildman–Crippen LogP) is 2.78. The van der Waals surface area contributed by atoms with E-state index in [2.05, 4.69) is 39.7 Å². The first kappa shape index (κ1) is 24.1. The average molecular weight is 466 g/mol. The van der Waals surface area contributed by atoms with Crippen molar-refractivity contribution in [3.05, 3.63) is 11.6 Å². The third kappa shape index (κ3) is 9.98. The van der Waals surface area contributed by atoms with Crippen LogP contribution in [0.2, 0.25) is 0 Å². The van der Waals surface area contributed by atoms with Gasteiger partial charge in [0.15, 0.2) is 11.8 Å². The van der Waals surface area contributed by atoms with E-state index >= 15 is 0 Å². The number of unbranched alkanes of at least 4 members (excludes halogenated alkanes) is 2. The summed E-state index contributed by atoms with van der Waals surface area (Å²) in [6.45, 7) is 8.46. The Bertz CT molecular complexity index is 491. The monoisotopic (exact) mass is 466 g/mol. The van der Waals surface area contributed by atoms with Crippen LogP contribution in [0.25, 0.3) is 0 Å². The van der Waals surface area contributed by atoms with Gasteiger partial charge >= 0.3 is 0 Å². The Labute approximate surface area is 169 Å². The van der Waals surface area contributed by atoms with E-state index in [9.17, 15) is 0 Å². The quantitative estimate of drug-likeness (QED) is 0.227.